The van der Waals surface area contributed by atoms with E-state index in [9.17, 15) is 19.7 Å². The Balaban J connectivity index is 3.22. The summed E-state index contributed by atoms with van der Waals surface area (Å²) in [7, 11) is 0. The standard InChI is InChI=1S/C13H14BrNO6/c1-3-20-12(16)11(13(17)21-4-2)9-6-5-8(15(18)19)7-10(9)14/h5-7,11H,3-4H2,1-2H3. The topological polar surface area (TPSA) is 95.7 Å². The number of carbonyl (C=O) groups excluding carboxylic acids is 2. The number of benzene rings is 1. The van der Waals surface area contributed by atoms with Crippen molar-refractivity contribution >= 4 is 33.6 Å². The fraction of sp³-hybridized carbons (Fsp3) is 0.385. The first kappa shape index (κ1) is 17.1. The third-order valence-corrected chi connectivity index (χ3v) is 3.24. The lowest BCUT2D eigenvalue weighted by atomic mass is 9.99. The number of carbonyl (C=O) groups is 2. The average Bonchev–Trinajstić information content (AvgIpc) is 2.41. The van der Waals surface area contributed by atoms with E-state index in [2.05, 4.69) is 15.9 Å². The summed E-state index contributed by atoms with van der Waals surface area (Å²) in [4.78, 5) is 34.0. The third-order valence-electron chi connectivity index (χ3n) is 2.55. The van der Waals surface area contributed by atoms with Crippen molar-refractivity contribution < 1.29 is 24.0 Å². The van der Waals surface area contributed by atoms with Gasteiger partial charge in [0.15, 0.2) is 5.92 Å². The Morgan fingerprint density at radius 1 is 1.24 bits per heavy atom. The first-order valence-corrected chi connectivity index (χ1v) is 6.98. The number of hydrogen-bond acceptors (Lipinski definition) is 6. The zero-order chi connectivity index (χ0) is 16.0. The van der Waals surface area contributed by atoms with Crippen LogP contribution in [0.3, 0.4) is 0 Å². The molecule has 0 fully saturated rings. The lowest BCUT2D eigenvalue weighted by Gasteiger charge is -2.15. The highest BCUT2D eigenvalue weighted by Crippen LogP contribution is 2.30. The van der Waals surface area contributed by atoms with Crippen LogP contribution in [0, 0.1) is 10.1 Å². The third kappa shape index (κ3) is 4.25. The van der Waals surface area contributed by atoms with Gasteiger partial charge in [0, 0.05) is 16.6 Å². The highest BCUT2D eigenvalue weighted by molar-refractivity contribution is 9.10. The number of nitro groups is 1. The van der Waals surface area contributed by atoms with Crippen LogP contribution in [0.5, 0.6) is 0 Å². The molecule has 21 heavy (non-hydrogen) atoms. The predicted octanol–water partition coefficient (Wildman–Crippen LogP) is 2.57. The number of nitro benzene ring substituents is 1. The van der Waals surface area contributed by atoms with Crippen molar-refractivity contribution in [1.82, 2.24) is 0 Å². The molecular formula is C13H14BrNO6. The monoisotopic (exact) mass is 359 g/mol. The van der Waals surface area contributed by atoms with Gasteiger partial charge in [0.2, 0.25) is 0 Å². The first-order valence-electron chi connectivity index (χ1n) is 6.19. The minimum absolute atomic E-state index is 0.110. The van der Waals surface area contributed by atoms with Crippen molar-refractivity contribution in [2.75, 3.05) is 13.2 Å². The summed E-state index contributed by atoms with van der Waals surface area (Å²) in [5, 5.41) is 10.7. The van der Waals surface area contributed by atoms with E-state index in [-0.39, 0.29) is 28.9 Å². The predicted molar refractivity (Wildman–Crippen MR) is 76.8 cm³/mol. The van der Waals surface area contributed by atoms with E-state index in [0.717, 1.165) is 0 Å². The van der Waals surface area contributed by atoms with Gasteiger partial charge in [0.05, 0.1) is 18.1 Å². The zero-order valence-corrected chi connectivity index (χ0v) is 13.1. The van der Waals surface area contributed by atoms with E-state index in [1.165, 1.54) is 18.2 Å². The maximum absolute atomic E-state index is 12.0. The van der Waals surface area contributed by atoms with Crippen molar-refractivity contribution in [2.24, 2.45) is 0 Å². The maximum Gasteiger partial charge on any atom is 0.324 e. The van der Waals surface area contributed by atoms with Crippen LogP contribution in [0.4, 0.5) is 5.69 Å². The van der Waals surface area contributed by atoms with Gasteiger partial charge in [0.25, 0.3) is 5.69 Å². The number of esters is 2. The molecule has 0 aliphatic rings. The second kappa shape index (κ2) is 7.72. The van der Waals surface area contributed by atoms with Gasteiger partial charge in [-0.25, -0.2) is 0 Å². The van der Waals surface area contributed by atoms with Gasteiger partial charge in [-0.15, -0.1) is 0 Å². The molecule has 7 nitrogen and oxygen atoms in total. The van der Waals surface area contributed by atoms with Crippen LogP contribution >= 0.6 is 15.9 Å². The molecule has 0 unspecified atom stereocenters. The minimum atomic E-state index is -1.28. The van der Waals surface area contributed by atoms with Crippen LogP contribution in [0.25, 0.3) is 0 Å². The van der Waals surface area contributed by atoms with Crippen molar-refractivity contribution in [2.45, 2.75) is 19.8 Å². The molecule has 0 spiro atoms. The van der Waals surface area contributed by atoms with Crippen LogP contribution in [-0.4, -0.2) is 30.1 Å². The number of non-ortho nitro benzene ring substituents is 1. The Morgan fingerprint density at radius 2 is 1.76 bits per heavy atom. The molecule has 1 aromatic carbocycles. The van der Waals surface area contributed by atoms with Gasteiger partial charge in [0.1, 0.15) is 0 Å². The second-order valence-electron chi connectivity index (χ2n) is 3.90. The lowest BCUT2D eigenvalue weighted by molar-refractivity contribution is -0.384. The van der Waals surface area contributed by atoms with Crippen molar-refractivity contribution in [3.63, 3.8) is 0 Å². The summed E-state index contributed by atoms with van der Waals surface area (Å²) in [6.45, 7) is 3.45. The zero-order valence-electron chi connectivity index (χ0n) is 11.5. The lowest BCUT2D eigenvalue weighted by Crippen LogP contribution is -2.26. The quantitative estimate of drug-likeness (QED) is 0.335. The SMILES string of the molecule is CCOC(=O)C(C(=O)OCC)c1ccc([N+](=O)[O-])cc1Br. The van der Waals surface area contributed by atoms with Gasteiger partial charge in [-0.2, -0.15) is 0 Å². The normalized spacial score (nSPS) is 10.3. The fourth-order valence-corrected chi connectivity index (χ4v) is 2.26. The number of halogens is 1. The number of nitrogens with zero attached hydrogens (tertiary/aromatic N) is 1. The molecule has 0 saturated heterocycles. The van der Waals surface area contributed by atoms with Crippen molar-refractivity contribution in [1.29, 1.82) is 0 Å². The maximum atomic E-state index is 12.0. The molecule has 0 N–H and O–H groups in total. The second-order valence-corrected chi connectivity index (χ2v) is 4.75. The molecule has 0 radical (unpaired) electrons. The summed E-state index contributed by atoms with van der Waals surface area (Å²) >= 11 is 3.13. The van der Waals surface area contributed by atoms with Gasteiger partial charge in [-0.05, 0) is 25.5 Å². The van der Waals surface area contributed by atoms with Crippen LogP contribution in [0.15, 0.2) is 22.7 Å². The van der Waals surface area contributed by atoms with E-state index in [0.29, 0.717) is 0 Å². The number of hydrogen-bond donors (Lipinski definition) is 0. The van der Waals surface area contributed by atoms with E-state index in [1.807, 2.05) is 0 Å². The molecule has 1 aromatic rings. The number of rotatable bonds is 6. The molecule has 1 rings (SSSR count). The molecule has 114 valence electrons. The van der Waals surface area contributed by atoms with Gasteiger partial charge < -0.3 is 9.47 Å². The summed E-state index contributed by atoms with van der Waals surface area (Å²) in [6, 6.07) is 3.77. The first-order chi connectivity index (χ1) is 9.92. The largest absolute Gasteiger partial charge is 0.465 e. The molecule has 0 aromatic heterocycles. The van der Waals surface area contributed by atoms with Crippen molar-refractivity contribution in [3.05, 3.63) is 38.3 Å². The van der Waals surface area contributed by atoms with E-state index < -0.39 is 22.8 Å². The Morgan fingerprint density at radius 3 is 2.14 bits per heavy atom. The fourth-order valence-electron chi connectivity index (χ4n) is 1.67. The van der Waals surface area contributed by atoms with E-state index in [1.54, 1.807) is 13.8 Å². The molecule has 0 bridgehead atoms. The van der Waals surface area contributed by atoms with E-state index >= 15 is 0 Å². The van der Waals surface area contributed by atoms with Crippen LogP contribution in [-0.2, 0) is 19.1 Å². The molecule has 0 aliphatic carbocycles. The Kier molecular flexibility index (Phi) is 6.29. The Hall–Kier alpha value is -1.96. The summed E-state index contributed by atoms with van der Waals surface area (Å²) < 4.78 is 9.99. The average molecular weight is 360 g/mol. The summed E-state index contributed by atoms with van der Waals surface area (Å²) in [5.41, 5.74) is 0.106. The molecule has 0 atom stereocenters. The van der Waals surface area contributed by atoms with Crippen LogP contribution < -0.4 is 0 Å². The summed E-state index contributed by atoms with van der Waals surface area (Å²) in [6.07, 6.45) is 0. The smallest absolute Gasteiger partial charge is 0.324 e. The van der Waals surface area contributed by atoms with Gasteiger partial charge in [-0.1, -0.05) is 15.9 Å². The van der Waals surface area contributed by atoms with Crippen LogP contribution in [0.2, 0.25) is 0 Å². The number of ether oxygens (including phenoxy) is 2. The molecule has 0 heterocycles. The molecule has 0 amide bonds. The Labute approximate surface area is 129 Å². The Bertz CT molecular complexity index is 542. The highest BCUT2D eigenvalue weighted by Gasteiger charge is 2.33. The molecule has 8 heteroatoms. The van der Waals surface area contributed by atoms with Gasteiger partial charge in [-0.3, -0.25) is 19.7 Å². The molecule has 0 saturated carbocycles. The molecule has 0 aliphatic heterocycles. The summed E-state index contributed by atoms with van der Waals surface area (Å²) in [5.74, 6) is -2.80. The van der Waals surface area contributed by atoms with E-state index in [4.69, 9.17) is 9.47 Å². The molecular weight excluding hydrogens is 346 g/mol. The highest BCUT2D eigenvalue weighted by atomic mass is 79.9. The van der Waals surface area contributed by atoms with Crippen LogP contribution in [0.1, 0.15) is 25.3 Å². The van der Waals surface area contributed by atoms with Gasteiger partial charge >= 0.3 is 11.9 Å². The minimum Gasteiger partial charge on any atom is -0.465 e. The van der Waals surface area contributed by atoms with Crippen molar-refractivity contribution in [3.8, 4) is 0 Å².